The number of nitrogens with one attached hydrogen (secondary N) is 1. The van der Waals surface area contributed by atoms with Gasteiger partial charge in [-0.2, -0.15) is 0 Å². The normalized spacial score (nSPS) is 19.7. The first kappa shape index (κ1) is 28.2. The van der Waals surface area contributed by atoms with Gasteiger partial charge in [-0.25, -0.2) is 0 Å². The van der Waals surface area contributed by atoms with Crippen LogP contribution >= 0.6 is 37.2 Å². The summed E-state index contributed by atoms with van der Waals surface area (Å²) in [6.45, 7) is 8.44. The molecule has 3 N–H and O–H groups in total. The van der Waals surface area contributed by atoms with Crippen LogP contribution in [-0.4, -0.2) is 68.8 Å². The van der Waals surface area contributed by atoms with Crippen molar-refractivity contribution in [1.29, 1.82) is 0 Å². The van der Waals surface area contributed by atoms with Crippen LogP contribution in [-0.2, 0) is 9.53 Å². The Morgan fingerprint density at radius 1 is 1.10 bits per heavy atom. The number of amides is 1. The van der Waals surface area contributed by atoms with E-state index in [4.69, 9.17) is 10.5 Å². The molecule has 0 aliphatic carbocycles. The van der Waals surface area contributed by atoms with Crippen molar-refractivity contribution in [2.24, 2.45) is 11.7 Å². The maximum absolute atomic E-state index is 12.4. The van der Waals surface area contributed by atoms with E-state index in [-0.39, 0.29) is 55.1 Å². The lowest BCUT2D eigenvalue weighted by atomic mass is 9.91. The first-order chi connectivity index (χ1) is 12.6. The zero-order chi connectivity index (χ0) is 18.4. The summed E-state index contributed by atoms with van der Waals surface area (Å²) in [5.41, 5.74) is 7.46. The molecule has 3 rings (SSSR count). The monoisotopic (exact) mass is 468 g/mol. The molecule has 1 aromatic carbocycles. The number of benzene rings is 1. The van der Waals surface area contributed by atoms with Crippen LogP contribution in [0.3, 0.4) is 0 Å². The second-order valence-electron chi connectivity index (χ2n) is 7.51. The third-order valence-corrected chi connectivity index (χ3v) is 5.49. The highest BCUT2D eigenvalue weighted by atomic mass is 35.5. The number of anilines is 1. The van der Waals surface area contributed by atoms with Gasteiger partial charge in [0.05, 0.1) is 6.04 Å². The Morgan fingerprint density at radius 2 is 1.69 bits per heavy atom. The van der Waals surface area contributed by atoms with Crippen LogP contribution in [0.2, 0.25) is 0 Å². The van der Waals surface area contributed by atoms with Crippen molar-refractivity contribution in [3.63, 3.8) is 0 Å². The molecule has 0 saturated carbocycles. The molecule has 2 atom stereocenters. The summed E-state index contributed by atoms with van der Waals surface area (Å²) < 4.78 is 5.35. The average molecular weight is 470 g/mol. The van der Waals surface area contributed by atoms with Gasteiger partial charge < -0.3 is 20.7 Å². The van der Waals surface area contributed by atoms with Gasteiger partial charge in [-0.1, -0.05) is 18.2 Å². The van der Waals surface area contributed by atoms with E-state index in [1.165, 1.54) is 5.69 Å². The number of carbonyl (C=O) groups is 1. The van der Waals surface area contributed by atoms with Gasteiger partial charge in [0, 0.05) is 57.7 Å². The molecule has 168 valence electrons. The highest BCUT2D eigenvalue weighted by Gasteiger charge is 2.28. The van der Waals surface area contributed by atoms with E-state index < -0.39 is 6.04 Å². The first-order valence-corrected chi connectivity index (χ1v) is 9.79. The second-order valence-corrected chi connectivity index (χ2v) is 7.51. The maximum Gasteiger partial charge on any atom is 0.237 e. The molecule has 2 saturated heterocycles. The zero-order valence-electron chi connectivity index (χ0n) is 17.0. The predicted molar refractivity (Wildman–Crippen MR) is 126 cm³/mol. The summed E-state index contributed by atoms with van der Waals surface area (Å²) >= 11 is 0. The van der Waals surface area contributed by atoms with Crippen LogP contribution in [0.5, 0.6) is 0 Å². The molecule has 2 unspecified atom stereocenters. The largest absolute Gasteiger partial charge is 0.381 e. The van der Waals surface area contributed by atoms with Gasteiger partial charge in [-0.05, 0) is 37.8 Å². The fraction of sp³-hybridized carbons (Fsp3) is 0.650. The Kier molecular flexibility index (Phi) is 13.9. The van der Waals surface area contributed by atoms with E-state index in [0.717, 1.165) is 45.6 Å². The lowest BCUT2D eigenvalue weighted by molar-refractivity contribution is -0.125. The summed E-state index contributed by atoms with van der Waals surface area (Å²) in [4.78, 5) is 17.3. The molecular weight excluding hydrogens is 435 g/mol. The summed E-state index contributed by atoms with van der Waals surface area (Å²) in [6, 6.07) is 10.2. The highest BCUT2D eigenvalue weighted by Crippen LogP contribution is 2.18. The average Bonchev–Trinajstić information content (AvgIpc) is 2.69. The van der Waals surface area contributed by atoms with E-state index >= 15 is 0 Å². The fourth-order valence-corrected chi connectivity index (χ4v) is 3.89. The highest BCUT2D eigenvalue weighted by molar-refractivity contribution is 5.86. The number of halogens is 3. The topological polar surface area (TPSA) is 70.8 Å². The van der Waals surface area contributed by atoms with Crippen molar-refractivity contribution in [2.75, 3.05) is 50.8 Å². The molecule has 2 aliphatic heterocycles. The van der Waals surface area contributed by atoms with Gasteiger partial charge >= 0.3 is 0 Å². The molecule has 2 heterocycles. The van der Waals surface area contributed by atoms with Crippen LogP contribution in [0.1, 0.15) is 19.8 Å². The van der Waals surface area contributed by atoms with Crippen LogP contribution in [0, 0.1) is 5.92 Å². The molecule has 6 nitrogen and oxygen atoms in total. The number of rotatable bonds is 6. The number of carbonyl (C=O) groups excluding carboxylic acids is 1. The minimum atomic E-state index is -0.420. The number of ether oxygens (including phenoxy) is 1. The standard InChI is InChI=1S/C20H32N4O2.3ClH/c1-16(22-20(25)19(21)17-7-13-26-14-8-17)15-23-9-11-24(12-10-23)18-5-3-2-4-6-18;;;/h2-6,16-17,19H,7-15,21H2,1H3,(H,22,25);3*1H. The molecule has 2 fully saturated rings. The van der Waals surface area contributed by atoms with E-state index in [2.05, 4.69) is 52.4 Å². The molecular formula is C20H35Cl3N4O2. The van der Waals surface area contributed by atoms with Crippen LogP contribution in [0.25, 0.3) is 0 Å². The Bertz CT molecular complexity index is 568. The summed E-state index contributed by atoms with van der Waals surface area (Å²) in [5.74, 6) is 0.220. The fourth-order valence-electron chi connectivity index (χ4n) is 3.89. The van der Waals surface area contributed by atoms with Crippen molar-refractivity contribution >= 4 is 48.8 Å². The van der Waals surface area contributed by atoms with E-state index in [0.29, 0.717) is 13.2 Å². The SMILES string of the molecule is CC(CN1CCN(c2ccccc2)CC1)NC(=O)C(N)C1CCOCC1.Cl.Cl.Cl. The molecule has 9 heteroatoms. The second kappa shape index (κ2) is 14.3. The van der Waals surface area contributed by atoms with Crippen molar-refractivity contribution in [3.8, 4) is 0 Å². The van der Waals surface area contributed by atoms with E-state index in [1.54, 1.807) is 0 Å². The van der Waals surface area contributed by atoms with Crippen molar-refractivity contribution < 1.29 is 9.53 Å². The minimum Gasteiger partial charge on any atom is -0.381 e. The summed E-state index contributed by atoms with van der Waals surface area (Å²) in [7, 11) is 0. The van der Waals surface area contributed by atoms with Gasteiger partial charge in [0.1, 0.15) is 0 Å². The van der Waals surface area contributed by atoms with Gasteiger partial charge in [-0.15, -0.1) is 37.2 Å². The van der Waals surface area contributed by atoms with Crippen LogP contribution < -0.4 is 16.0 Å². The van der Waals surface area contributed by atoms with E-state index in [9.17, 15) is 4.79 Å². The van der Waals surface area contributed by atoms with Crippen molar-refractivity contribution in [3.05, 3.63) is 30.3 Å². The first-order valence-electron chi connectivity index (χ1n) is 9.79. The molecule has 0 bridgehead atoms. The van der Waals surface area contributed by atoms with Crippen LogP contribution in [0.4, 0.5) is 5.69 Å². The van der Waals surface area contributed by atoms with Crippen molar-refractivity contribution in [2.45, 2.75) is 31.8 Å². The Labute approximate surface area is 193 Å². The molecule has 0 radical (unpaired) electrons. The van der Waals surface area contributed by atoms with Gasteiger partial charge in [0.25, 0.3) is 0 Å². The number of nitrogens with two attached hydrogens (primary N) is 1. The smallest absolute Gasteiger partial charge is 0.237 e. The number of hydrogen-bond donors (Lipinski definition) is 2. The summed E-state index contributed by atoms with van der Waals surface area (Å²) in [6.07, 6.45) is 1.76. The zero-order valence-corrected chi connectivity index (χ0v) is 19.4. The van der Waals surface area contributed by atoms with Gasteiger partial charge in [0.2, 0.25) is 5.91 Å². The third-order valence-electron chi connectivity index (χ3n) is 5.49. The van der Waals surface area contributed by atoms with Crippen molar-refractivity contribution in [1.82, 2.24) is 10.2 Å². The molecule has 0 spiro atoms. The Balaban J connectivity index is 0.00000261. The lowest BCUT2D eigenvalue weighted by Crippen LogP contribution is -2.54. The number of piperazine rings is 1. The van der Waals surface area contributed by atoms with Gasteiger partial charge in [0.15, 0.2) is 0 Å². The quantitative estimate of drug-likeness (QED) is 0.669. The molecule has 1 aromatic rings. The molecule has 2 aliphatic rings. The predicted octanol–water partition coefficient (Wildman–Crippen LogP) is 2.33. The Hall–Kier alpha value is -0.760. The summed E-state index contributed by atoms with van der Waals surface area (Å²) in [5, 5.41) is 3.11. The number of para-hydroxylation sites is 1. The molecule has 1 amide bonds. The third kappa shape index (κ3) is 8.48. The lowest BCUT2D eigenvalue weighted by Gasteiger charge is -2.37. The molecule has 29 heavy (non-hydrogen) atoms. The van der Waals surface area contributed by atoms with Crippen LogP contribution in [0.15, 0.2) is 30.3 Å². The minimum absolute atomic E-state index is 0. The van der Waals surface area contributed by atoms with E-state index in [1.807, 2.05) is 0 Å². The Morgan fingerprint density at radius 3 is 2.28 bits per heavy atom. The molecule has 0 aromatic heterocycles. The number of hydrogen-bond acceptors (Lipinski definition) is 5. The number of nitrogens with zero attached hydrogens (tertiary/aromatic N) is 2. The van der Waals surface area contributed by atoms with Gasteiger partial charge in [-0.3, -0.25) is 9.69 Å². The maximum atomic E-state index is 12.4.